The maximum absolute atomic E-state index is 5.93. The van der Waals surface area contributed by atoms with Gasteiger partial charge in [-0.25, -0.2) is 0 Å². The second kappa shape index (κ2) is 4.35. The van der Waals surface area contributed by atoms with Gasteiger partial charge in [0.1, 0.15) is 0 Å². The van der Waals surface area contributed by atoms with Crippen LogP contribution in [0.5, 0.6) is 0 Å². The van der Waals surface area contributed by atoms with Gasteiger partial charge in [0, 0.05) is 13.1 Å². The smallest absolute Gasteiger partial charge is 0.155 e. The molecule has 2 rings (SSSR count). The zero-order valence-corrected chi connectivity index (χ0v) is 10.0. The van der Waals surface area contributed by atoms with Crippen molar-refractivity contribution in [1.29, 1.82) is 0 Å². The van der Waals surface area contributed by atoms with Crippen molar-refractivity contribution in [2.24, 2.45) is 0 Å². The minimum Gasteiger partial charge on any atom is -0.355 e. The van der Waals surface area contributed by atoms with E-state index in [1.54, 1.807) is 0 Å². The minimum atomic E-state index is 0.522. The Balaban J connectivity index is 2.31. The molecule has 0 atom stereocenters. The predicted molar refractivity (Wildman–Crippen MR) is 62.6 cm³/mol. The van der Waals surface area contributed by atoms with Crippen LogP contribution in [0.25, 0.3) is 0 Å². The molecule has 0 radical (unpaired) electrons. The van der Waals surface area contributed by atoms with E-state index in [2.05, 4.69) is 22.0 Å². The van der Waals surface area contributed by atoms with Gasteiger partial charge in [0.05, 0.1) is 0 Å². The summed E-state index contributed by atoms with van der Waals surface area (Å²) in [4.78, 5) is 2.31. The van der Waals surface area contributed by atoms with E-state index >= 15 is 0 Å². The summed E-state index contributed by atoms with van der Waals surface area (Å²) in [5.41, 5.74) is 2.21. The maximum Gasteiger partial charge on any atom is 0.155 e. The van der Waals surface area contributed by atoms with Crippen LogP contribution in [0.4, 0.5) is 5.82 Å². The van der Waals surface area contributed by atoms with Gasteiger partial charge in [0.2, 0.25) is 0 Å². The Morgan fingerprint density at radius 1 is 1.00 bits per heavy atom. The van der Waals surface area contributed by atoms with Crippen LogP contribution in [0, 0.1) is 13.8 Å². The van der Waals surface area contributed by atoms with Crippen LogP contribution in [0.1, 0.15) is 30.4 Å². The summed E-state index contributed by atoms with van der Waals surface area (Å²) in [6, 6.07) is 0. The topological polar surface area (TPSA) is 29.0 Å². The highest BCUT2D eigenvalue weighted by Crippen LogP contribution is 2.25. The lowest BCUT2D eigenvalue weighted by atomic mass is 10.1. The largest absolute Gasteiger partial charge is 0.355 e. The van der Waals surface area contributed by atoms with Crippen LogP contribution in [0.2, 0.25) is 5.15 Å². The van der Waals surface area contributed by atoms with Crippen molar-refractivity contribution in [2.45, 2.75) is 33.1 Å². The summed E-state index contributed by atoms with van der Waals surface area (Å²) in [5, 5.41) is 8.72. The molecule has 1 aliphatic heterocycles. The fraction of sp³-hybridized carbons (Fsp3) is 0.636. The number of nitrogens with zero attached hydrogens (tertiary/aromatic N) is 3. The molecule has 0 amide bonds. The summed E-state index contributed by atoms with van der Waals surface area (Å²) in [7, 11) is 0. The first-order valence-electron chi connectivity index (χ1n) is 5.44. The highest BCUT2D eigenvalue weighted by molar-refractivity contribution is 6.30. The Labute approximate surface area is 95.5 Å². The Hall–Kier alpha value is -0.830. The number of hydrogen-bond donors (Lipinski definition) is 0. The molecule has 0 unspecified atom stereocenters. The van der Waals surface area contributed by atoms with E-state index in [1.807, 2.05) is 6.92 Å². The highest BCUT2D eigenvalue weighted by Gasteiger charge is 2.16. The third-order valence-corrected chi connectivity index (χ3v) is 3.45. The Morgan fingerprint density at radius 2 is 1.67 bits per heavy atom. The van der Waals surface area contributed by atoms with Crippen LogP contribution < -0.4 is 4.90 Å². The summed E-state index contributed by atoms with van der Waals surface area (Å²) >= 11 is 5.93. The molecule has 0 aromatic carbocycles. The van der Waals surface area contributed by atoms with Crippen molar-refractivity contribution in [3.05, 3.63) is 16.3 Å². The van der Waals surface area contributed by atoms with E-state index in [-0.39, 0.29) is 0 Å². The molecule has 3 nitrogen and oxygen atoms in total. The van der Waals surface area contributed by atoms with E-state index < -0.39 is 0 Å². The first-order chi connectivity index (χ1) is 7.20. The van der Waals surface area contributed by atoms with Crippen LogP contribution in [-0.4, -0.2) is 23.3 Å². The number of aromatic nitrogens is 2. The normalized spacial score (nSPS) is 16.9. The molecule has 0 saturated carbocycles. The van der Waals surface area contributed by atoms with Crippen LogP contribution in [0.3, 0.4) is 0 Å². The molecular formula is C11H16ClN3. The van der Waals surface area contributed by atoms with Gasteiger partial charge in [0.25, 0.3) is 0 Å². The molecule has 0 N–H and O–H groups in total. The van der Waals surface area contributed by atoms with E-state index in [0.29, 0.717) is 5.15 Å². The fourth-order valence-electron chi connectivity index (χ4n) is 1.97. The third kappa shape index (κ3) is 2.07. The van der Waals surface area contributed by atoms with Gasteiger partial charge in [-0.1, -0.05) is 11.6 Å². The van der Waals surface area contributed by atoms with E-state index in [0.717, 1.165) is 30.0 Å². The average Bonchev–Trinajstić information content (AvgIpc) is 2.27. The first kappa shape index (κ1) is 10.7. The zero-order valence-electron chi connectivity index (χ0n) is 9.26. The van der Waals surface area contributed by atoms with Gasteiger partial charge < -0.3 is 4.90 Å². The standard InChI is InChI=1S/C11H16ClN3/c1-8-9(2)11(14-13-10(8)12)15-6-4-3-5-7-15/h3-7H2,1-2H3. The first-order valence-corrected chi connectivity index (χ1v) is 5.82. The molecule has 0 bridgehead atoms. The second-order valence-electron chi connectivity index (χ2n) is 4.11. The third-order valence-electron chi connectivity index (χ3n) is 3.10. The molecule has 0 spiro atoms. The number of anilines is 1. The van der Waals surface area contributed by atoms with Crippen LogP contribution in [0.15, 0.2) is 0 Å². The monoisotopic (exact) mass is 225 g/mol. The maximum atomic E-state index is 5.93. The van der Waals surface area contributed by atoms with Crippen molar-refractivity contribution >= 4 is 17.4 Å². The molecular weight excluding hydrogens is 210 g/mol. The quantitative estimate of drug-likeness (QED) is 0.736. The van der Waals surface area contributed by atoms with Gasteiger partial charge >= 0.3 is 0 Å². The predicted octanol–water partition coefficient (Wildman–Crippen LogP) is 2.74. The fourth-order valence-corrected chi connectivity index (χ4v) is 2.15. The highest BCUT2D eigenvalue weighted by atomic mass is 35.5. The lowest BCUT2D eigenvalue weighted by molar-refractivity contribution is 0.570. The Kier molecular flexibility index (Phi) is 3.10. The van der Waals surface area contributed by atoms with Gasteiger partial charge in [-0.2, -0.15) is 0 Å². The van der Waals surface area contributed by atoms with Gasteiger partial charge in [-0.05, 0) is 44.2 Å². The molecule has 4 heteroatoms. The summed E-state index contributed by atoms with van der Waals surface area (Å²) in [5.74, 6) is 1.01. The molecule has 15 heavy (non-hydrogen) atoms. The van der Waals surface area contributed by atoms with Crippen molar-refractivity contribution < 1.29 is 0 Å². The molecule has 82 valence electrons. The van der Waals surface area contributed by atoms with Gasteiger partial charge in [0.15, 0.2) is 11.0 Å². The summed E-state index contributed by atoms with van der Waals surface area (Å²) < 4.78 is 0. The number of rotatable bonds is 1. The molecule has 1 saturated heterocycles. The van der Waals surface area contributed by atoms with Crippen molar-refractivity contribution in [2.75, 3.05) is 18.0 Å². The SMILES string of the molecule is Cc1c(Cl)nnc(N2CCCCC2)c1C. The lowest BCUT2D eigenvalue weighted by Gasteiger charge is -2.28. The summed E-state index contributed by atoms with van der Waals surface area (Å²) in [6.45, 7) is 6.26. The van der Waals surface area contributed by atoms with Crippen molar-refractivity contribution in [3.8, 4) is 0 Å². The van der Waals surface area contributed by atoms with Gasteiger partial charge in [-0.3, -0.25) is 0 Å². The number of hydrogen-bond acceptors (Lipinski definition) is 3. The van der Waals surface area contributed by atoms with Crippen molar-refractivity contribution in [3.63, 3.8) is 0 Å². The molecule has 1 aromatic heterocycles. The minimum absolute atomic E-state index is 0.522. The molecule has 1 fully saturated rings. The number of halogens is 1. The molecule has 2 heterocycles. The summed E-state index contributed by atoms with van der Waals surface area (Å²) in [6.07, 6.45) is 3.83. The second-order valence-corrected chi connectivity index (χ2v) is 4.47. The molecule has 0 aliphatic carbocycles. The zero-order chi connectivity index (χ0) is 10.8. The van der Waals surface area contributed by atoms with Crippen LogP contribution in [-0.2, 0) is 0 Å². The Bertz CT molecular complexity index is 359. The van der Waals surface area contributed by atoms with Crippen LogP contribution >= 0.6 is 11.6 Å². The lowest BCUT2D eigenvalue weighted by Crippen LogP contribution is -2.31. The molecule has 1 aliphatic rings. The van der Waals surface area contributed by atoms with Gasteiger partial charge in [-0.15, -0.1) is 10.2 Å². The Morgan fingerprint density at radius 3 is 2.33 bits per heavy atom. The van der Waals surface area contributed by atoms with E-state index in [1.165, 1.54) is 19.3 Å². The molecule has 1 aromatic rings. The van der Waals surface area contributed by atoms with E-state index in [9.17, 15) is 0 Å². The number of piperidine rings is 1. The van der Waals surface area contributed by atoms with Crippen molar-refractivity contribution in [1.82, 2.24) is 10.2 Å². The average molecular weight is 226 g/mol. The van der Waals surface area contributed by atoms with E-state index in [4.69, 9.17) is 11.6 Å².